The van der Waals surface area contributed by atoms with Gasteiger partial charge in [0.2, 0.25) is 70.9 Å². The molecule has 3 saturated heterocycles. The van der Waals surface area contributed by atoms with Crippen molar-refractivity contribution in [1.82, 2.24) is 60.0 Å². The molecule has 5 fully saturated rings. The minimum atomic E-state index is -4.79. The number of hydrogen-bond donors (Lipinski definition) is 4. The molecule has 560 valence electrons. The van der Waals surface area contributed by atoms with Gasteiger partial charge in [0.25, 0.3) is 0 Å². The molecule has 100 heavy (non-hydrogen) atoms. The van der Waals surface area contributed by atoms with E-state index in [1.54, 1.807) is 25.7 Å². The number of hydrogen-bond acceptors (Lipinski definition) is 13. The Balaban J connectivity index is 1.44. The van der Waals surface area contributed by atoms with Crippen molar-refractivity contribution in [1.29, 1.82) is 0 Å². The van der Waals surface area contributed by atoms with Crippen molar-refractivity contribution < 1.29 is 75.8 Å². The second-order valence-electron chi connectivity index (χ2n) is 29.4. The standard InChI is InChI=1S/C71H110ClF3N12O13/c1-15-44(6)58-67(98)80(9)45(7)62(93)87-35-30-51(87)65(96)82(11)53(38-46-24-18-16-19-25-46)64(95)79(8)40-56(89)76-50(29-27-47-26-28-48(49(72)37-47)71(73,74)75)63(94)84(13)55(41-88)61(92)78-70(31-20-21-32-70)69(100)85(14)59(43(4)5)68(99)83(12)54(66(97)86-33-22-17-23-34-86)39-57(90)81(10)52(36-42(2)3)60(91)77-58/h26,28,37,42-46,50-55,58-59,88H,15-25,27,29-36,38-41H2,1-14H3,(H,76,89)(H,77,91)(H,78,92)/t44-,45-,50-,51-,52-,53-,54-,55+,58-,59-/m0/s1. The number of piperidine rings is 1. The molecule has 25 nitrogen and oxygen atoms in total. The average Bonchev–Trinajstić information content (AvgIpc) is 1.19. The fraction of sp³-hybridized carbons (Fsp3) is 0.746. The second kappa shape index (κ2) is 35.7. The highest BCUT2D eigenvalue weighted by molar-refractivity contribution is 6.31. The molecule has 2 aliphatic carbocycles. The summed E-state index contributed by atoms with van der Waals surface area (Å²) in [4.78, 5) is 190. The van der Waals surface area contributed by atoms with Crippen LogP contribution in [0.1, 0.15) is 175 Å². The highest BCUT2D eigenvalue weighted by atomic mass is 35.5. The van der Waals surface area contributed by atoms with Crippen LogP contribution in [0.3, 0.4) is 0 Å². The number of alkyl halides is 3. The largest absolute Gasteiger partial charge is 0.417 e. The van der Waals surface area contributed by atoms with Gasteiger partial charge in [-0.15, -0.1) is 0 Å². The summed E-state index contributed by atoms with van der Waals surface area (Å²) in [6.07, 6.45) is 2.45. The molecule has 6 rings (SSSR count). The van der Waals surface area contributed by atoms with Crippen molar-refractivity contribution in [3.8, 4) is 0 Å². The van der Waals surface area contributed by atoms with E-state index >= 15 is 14.4 Å². The van der Waals surface area contributed by atoms with Crippen molar-refractivity contribution in [3.63, 3.8) is 0 Å². The van der Waals surface area contributed by atoms with Gasteiger partial charge >= 0.3 is 6.18 Å². The molecule has 0 radical (unpaired) electrons. The first-order valence-corrected chi connectivity index (χ1v) is 36.1. The zero-order valence-electron chi connectivity index (χ0n) is 61.1. The summed E-state index contributed by atoms with van der Waals surface area (Å²) in [7, 11) is 9.59. The molecular weight excluding hydrogens is 1320 g/mol. The van der Waals surface area contributed by atoms with Gasteiger partial charge in [0, 0.05) is 69.0 Å². The van der Waals surface area contributed by atoms with Gasteiger partial charge in [-0.2, -0.15) is 13.2 Å². The number of carbonyl (C=O) groups excluding carboxylic acids is 12. The van der Waals surface area contributed by atoms with Gasteiger partial charge in [-0.25, -0.2) is 0 Å². The molecule has 29 heteroatoms. The lowest BCUT2D eigenvalue weighted by Crippen LogP contribution is -2.65. The fourth-order valence-electron chi connectivity index (χ4n) is 14.8. The van der Waals surface area contributed by atoms with Crippen molar-refractivity contribution >= 4 is 82.5 Å². The quantitative estimate of drug-likeness (QED) is 0.218. The molecule has 0 aromatic heterocycles. The lowest BCUT2D eigenvalue weighted by atomic mass is 9.84. The average molecular weight is 1430 g/mol. The molecule has 1 aromatic carbocycles. The van der Waals surface area contributed by atoms with E-state index in [0.29, 0.717) is 45.2 Å². The summed E-state index contributed by atoms with van der Waals surface area (Å²) in [5.41, 5.74) is -2.59. The second-order valence-corrected chi connectivity index (χ2v) is 29.8. The molecule has 10 atom stereocenters. The maximum atomic E-state index is 15.4. The summed E-state index contributed by atoms with van der Waals surface area (Å²) in [6, 6.07) is -8.91. The third-order valence-electron chi connectivity index (χ3n) is 21.6. The van der Waals surface area contributed by atoms with Gasteiger partial charge in [-0.3, -0.25) is 57.5 Å². The van der Waals surface area contributed by atoms with Crippen LogP contribution in [0.2, 0.25) is 5.02 Å². The molecule has 3 heterocycles. The Morgan fingerprint density at radius 1 is 0.670 bits per heavy atom. The van der Waals surface area contributed by atoms with Gasteiger partial charge in [-0.1, -0.05) is 111 Å². The zero-order valence-corrected chi connectivity index (χ0v) is 61.8. The van der Waals surface area contributed by atoms with Gasteiger partial charge in [0.1, 0.15) is 59.9 Å². The Labute approximate surface area is 592 Å². The maximum absolute atomic E-state index is 15.4. The Hall–Kier alpha value is -7.10. The highest BCUT2D eigenvalue weighted by Crippen LogP contribution is 2.37. The van der Waals surface area contributed by atoms with Crippen LogP contribution < -0.4 is 16.0 Å². The lowest BCUT2D eigenvalue weighted by Gasteiger charge is -2.45. The fourth-order valence-corrected chi connectivity index (χ4v) is 15.1. The monoisotopic (exact) mass is 1430 g/mol. The number of aliphatic hydroxyl groups is 1. The van der Waals surface area contributed by atoms with Crippen LogP contribution in [0.15, 0.2) is 18.2 Å². The van der Waals surface area contributed by atoms with Crippen molar-refractivity contribution in [3.05, 3.63) is 34.3 Å². The molecule has 5 aliphatic rings. The third kappa shape index (κ3) is 19.5. The van der Waals surface area contributed by atoms with E-state index in [1.807, 2.05) is 20.8 Å². The molecule has 1 spiro atoms. The number of nitrogens with one attached hydrogen (secondary N) is 3. The topological polar surface area (TPSA) is 290 Å². The first-order chi connectivity index (χ1) is 46.9. The number of carbonyl (C=O) groups is 12. The number of halogens is 4. The summed E-state index contributed by atoms with van der Waals surface area (Å²) in [6.45, 7) is 11.3. The molecule has 0 bridgehead atoms. The number of aliphatic hydroxyl groups excluding tert-OH is 1. The Morgan fingerprint density at radius 2 is 1.28 bits per heavy atom. The van der Waals surface area contributed by atoms with E-state index in [1.165, 1.54) is 80.8 Å². The molecule has 0 unspecified atom stereocenters. The number of benzene rings is 1. The van der Waals surface area contributed by atoms with Gasteiger partial charge in [0.05, 0.1) is 30.2 Å². The van der Waals surface area contributed by atoms with E-state index in [9.17, 15) is 61.4 Å². The third-order valence-corrected chi connectivity index (χ3v) is 21.9. The van der Waals surface area contributed by atoms with Gasteiger partial charge in [-0.05, 0) is 112 Å². The summed E-state index contributed by atoms with van der Waals surface area (Å²) < 4.78 is 41.5. The maximum Gasteiger partial charge on any atom is 0.417 e. The first kappa shape index (κ1) is 81.9. The van der Waals surface area contributed by atoms with E-state index in [0.717, 1.165) is 71.4 Å². The summed E-state index contributed by atoms with van der Waals surface area (Å²) in [5, 5.41) is 18.8. The summed E-state index contributed by atoms with van der Waals surface area (Å²) in [5.74, 6) is -9.95. The van der Waals surface area contributed by atoms with Crippen LogP contribution in [-0.2, 0) is 70.1 Å². The minimum absolute atomic E-state index is 0.00341. The van der Waals surface area contributed by atoms with Gasteiger partial charge < -0.3 is 65.2 Å². The van der Waals surface area contributed by atoms with E-state index in [2.05, 4.69) is 16.0 Å². The molecule has 4 N–H and O–H groups in total. The Bertz CT molecular complexity index is 3120. The number of nitrogens with zero attached hydrogens (tertiary/aromatic N) is 9. The van der Waals surface area contributed by atoms with Crippen molar-refractivity contribution in [2.24, 2.45) is 23.7 Å². The van der Waals surface area contributed by atoms with Crippen LogP contribution in [-0.4, -0.2) is 262 Å². The molecule has 1 aromatic rings. The number of likely N-dealkylation sites (tertiary alicyclic amines) is 1. The lowest BCUT2D eigenvalue weighted by molar-refractivity contribution is -0.160. The van der Waals surface area contributed by atoms with Crippen LogP contribution in [0.25, 0.3) is 0 Å². The summed E-state index contributed by atoms with van der Waals surface area (Å²) >= 11 is 6.12. The van der Waals surface area contributed by atoms with Crippen LogP contribution in [0, 0.1) is 23.7 Å². The van der Waals surface area contributed by atoms with E-state index in [-0.39, 0.29) is 68.9 Å². The normalized spacial score (nSPS) is 27.3. The smallest absolute Gasteiger partial charge is 0.394 e. The number of likely N-dealkylation sites (N-methyl/N-ethyl adjacent to an activating group) is 7. The number of rotatable bonds is 12. The number of aryl methyl sites for hydroxylation is 1. The number of fused-ring (bicyclic) bond motifs is 1. The molecule has 2 saturated carbocycles. The molecular formula is C71H110ClF3N12O13. The Kier molecular flexibility index (Phi) is 29.2. The predicted octanol–water partition coefficient (Wildman–Crippen LogP) is 4.86. The zero-order chi connectivity index (χ0) is 74.6. The predicted molar refractivity (Wildman–Crippen MR) is 368 cm³/mol. The SMILES string of the molecule is CC[C@H](C)[C@@H]1NC(=O)[C@H](CC(C)C)N(C)C(=O)C[C@@H](C(=O)N2CCCCC2)N(C)C(=O)[C@H](C(C)C)N(C)C(=O)C2(CCCC2)NC(=O)[C@@H](CO)N(C)C(=O)[C@H](CCc2ccc(C(F)(F)F)c(Cl)c2)NC(=O)CN(C)C(=O)[C@H](CC2CCCCC2)N(C)C(=O)[C@@H]2CCN2C(=O)[C@H](C)N(C)C1=O. The Morgan fingerprint density at radius 3 is 1.83 bits per heavy atom. The highest BCUT2D eigenvalue weighted by Gasteiger charge is 2.51. The van der Waals surface area contributed by atoms with Crippen LogP contribution >= 0.6 is 11.6 Å². The van der Waals surface area contributed by atoms with Crippen LogP contribution in [0.5, 0.6) is 0 Å². The molecule has 12 amide bonds. The van der Waals surface area contributed by atoms with Crippen molar-refractivity contribution in [2.45, 2.75) is 237 Å². The van der Waals surface area contributed by atoms with E-state index < -0.39 is 179 Å². The molecule has 3 aliphatic heterocycles. The van der Waals surface area contributed by atoms with Crippen molar-refractivity contribution in [2.75, 3.05) is 82.1 Å². The number of amides is 12. The minimum Gasteiger partial charge on any atom is -0.394 e. The van der Waals surface area contributed by atoms with Crippen LogP contribution in [0.4, 0.5) is 13.2 Å². The van der Waals surface area contributed by atoms with E-state index in [4.69, 9.17) is 11.6 Å². The first-order valence-electron chi connectivity index (χ1n) is 35.7. The van der Waals surface area contributed by atoms with Gasteiger partial charge in [0.15, 0.2) is 0 Å².